The smallest absolute Gasteiger partial charge is 0.364 e. The highest BCUT2D eigenvalue weighted by Crippen LogP contribution is 2.41. The van der Waals surface area contributed by atoms with Crippen molar-refractivity contribution >= 4 is 39.8 Å². The van der Waals surface area contributed by atoms with Crippen molar-refractivity contribution in [2.45, 2.75) is 42.0 Å². The van der Waals surface area contributed by atoms with Crippen molar-refractivity contribution < 1.29 is 26.6 Å². The predicted octanol–water partition coefficient (Wildman–Crippen LogP) is 2.39. The Morgan fingerprint density at radius 3 is 2.76 bits per heavy atom. The Morgan fingerprint density at radius 2 is 2.12 bits per heavy atom. The van der Waals surface area contributed by atoms with E-state index in [-0.39, 0.29) is 52.9 Å². The van der Waals surface area contributed by atoms with E-state index in [1.165, 1.54) is 17.5 Å². The molecule has 2 aromatic rings. The lowest BCUT2D eigenvalue weighted by Crippen LogP contribution is -2.57. The van der Waals surface area contributed by atoms with E-state index in [0.717, 1.165) is 0 Å². The van der Waals surface area contributed by atoms with Gasteiger partial charge < -0.3 is 10.6 Å². The van der Waals surface area contributed by atoms with Crippen LogP contribution in [0.4, 0.5) is 23.4 Å². The zero-order valence-corrected chi connectivity index (χ0v) is 19.8. The van der Waals surface area contributed by atoms with E-state index in [4.69, 9.17) is 0 Å². The normalized spacial score (nSPS) is 25.3. The van der Waals surface area contributed by atoms with Gasteiger partial charge in [0.25, 0.3) is 0 Å². The maximum absolute atomic E-state index is 15.0. The van der Waals surface area contributed by atoms with Crippen molar-refractivity contribution in [1.29, 1.82) is 0 Å². The van der Waals surface area contributed by atoms with E-state index in [0.29, 0.717) is 30.3 Å². The van der Waals surface area contributed by atoms with Crippen molar-refractivity contribution in [3.05, 3.63) is 23.9 Å². The summed E-state index contributed by atoms with van der Waals surface area (Å²) in [6, 6.07) is 4.32. The van der Waals surface area contributed by atoms with E-state index in [1.54, 1.807) is 12.1 Å². The summed E-state index contributed by atoms with van der Waals surface area (Å²) >= 11 is -0.311. The number of hydrogen-bond donors (Lipinski definition) is 2. The number of piperidine rings is 1. The van der Waals surface area contributed by atoms with Crippen molar-refractivity contribution in [1.82, 2.24) is 19.8 Å². The topological polar surface area (TPSA) is 78.7 Å². The number of thioether (sulfide) groups is 1. The molecule has 34 heavy (non-hydrogen) atoms. The molecule has 7 nitrogen and oxygen atoms in total. The molecule has 184 valence electrons. The molecule has 2 aliphatic heterocycles. The zero-order valence-electron chi connectivity index (χ0n) is 18.2. The van der Waals surface area contributed by atoms with Crippen molar-refractivity contribution in [3.63, 3.8) is 0 Å². The molecule has 4 rings (SSSR count). The zero-order chi connectivity index (χ0) is 24.5. The van der Waals surface area contributed by atoms with Gasteiger partial charge in [0, 0.05) is 48.4 Å². The summed E-state index contributed by atoms with van der Waals surface area (Å²) in [5.41, 5.74) is -4.43. The second kappa shape index (κ2) is 10.1. The predicted molar refractivity (Wildman–Crippen MR) is 123 cm³/mol. The highest BCUT2D eigenvalue weighted by molar-refractivity contribution is 8.00. The van der Waals surface area contributed by atoms with Gasteiger partial charge in [0.15, 0.2) is 0 Å². The molecule has 0 radical (unpaired) electrons. The highest BCUT2D eigenvalue weighted by atomic mass is 32.2. The molecule has 2 saturated heterocycles. The summed E-state index contributed by atoms with van der Waals surface area (Å²) in [5.74, 6) is 6.42. The van der Waals surface area contributed by atoms with Gasteiger partial charge in [0.1, 0.15) is 17.7 Å². The van der Waals surface area contributed by atoms with Crippen LogP contribution >= 0.6 is 11.8 Å². The Balaban J connectivity index is 1.56. The first-order chi connectivity index (χ1) is 16.1. The summed E-state index contributed by atoms with van der Waals surface area (Å²) in [4.78, 5) is 12.9. The lowest BCUT2D eigenvalue weighted by Gasteiger charge is -2.42. The standard InChI is InChI=1S/C21H23F4N5O2S2/c1-13(31)26-8-3-4-17-20(33-21(23,24)25)18-5-2-6-19(30(18)28-17)27-16-7-9-29(10-15(16)22)14-11-34(32)12-14/h2,5-6,14-16,27H,7-12H2,1H3,(H,26,31). The molecular weight excluding hydrogens is 494 g/mol. The lowest BCUT2D eigenvalue weighted by molar-refractivity contribution is -0.118. The largest absolute Gasteiger partial charge is 0.446 e. The third kappa shape index (κ3) is 5.84. The van der Waals surface area contributed by atoms with E-state index in [2.05, 4.69) is 27.6 Å². The number of pyridine rings is 1. The summed E-state index contributed by atoms with van der Waals surface area (Å²) in [7, 11) is -0.809. The van der Waals surface area contributed by atoms with Crippen LogP contribution in [0.5, 0.6) is 0 Å². The number of alkyl halides is 4. The van der Waals surface area contributed by atoms with E-state index in [1.807, 2.05) is 4.90 Å². The molecule has 13 heteroatoms. The van der Waals surface area contributed by atoms with Crippen LogP contribution in [-0.4, -0.2) is 79.5 Å². The highest BCUT2D eigenvalue weighted by Gasteiger charge is 2.38. The van der Waals surface area contributed by atoms with Gasteiger partial charge in [0.05, 0.1) is 23.0 Å². The molecule has 2 N–H and O–H groups in total. The number of halogens is 4. The molecule has 2 atom stereocenters. The van der Waals surface area contributed by atoms with Crippen molar-refractivity contribution in [2.75, 3.05) is 36.5 Å². The van der Waals surface area contributed by atoms with Gasteiger partial charge in [-0.2, -0.15) is 18.3 Å². The van der Waals surface area contributed by atoms with E-state index >= 15 is 0 Å². The number of anilines is 1. The number of nitrogens with zero attached hydrogens (tertiary/aromatic N) is 3. The Kier molecular flexibility index (Phi) is 7.39. The summed E-state index contributed by atoms with van der Waals surface area (Å²) < 4.78 is 67.3. The molecule has 2 fully saturated rings. The van der Waals surface area contributed by atoms with Crippen LogP contribution in [0.25, 0.3) is 5.52 Å². The number of aromatic nitrogens is 2. The summed E-state index contributed by atoms with van der Waals surface area (Å²) in [6.07, 6.45) is -0.704. The minimum absolute atomic E-state index is 0.0267. The second-order valence-corrected chi connectivity index (χ2v) is 10.7. The van der Waals surface area contributed by atoms with Crippen LogP contribution in [-0.2, 0) is 15.6 Å². The number of hydrogen-bond acceptors (Lipinski definition) is 6. The fraction of sp³-hybridized carbons (Fsp3) is 0.524. The SMILES string of the molecule is CC(=O)NCC#Cc1nn2c(NC3CCN(C4CS(=O)C4)CC3F)cccc2c1SC(F)(F)F. The van der Waals surface area contributed by atoms with Gasteiger partial charge in [-0.1, -0.05) is 12.0 Å². The second-order valence-electron chi connectivity index (χ2n) is 8.12. The first-order valence-electron chi connectivity index (χ1n) is 10.6. The molecule has 4 heterocycles. The third-order valence-corrected chi connectivity index (χ3v) is 7.99. The summed E-state index contributed by atoms with van der Waals surface area (Å²) in [6.45, 7) is 2.14. The molecule has 0 spiro atoms. The Morgan fingerprint density at radius 1 is 1.35 bits per heavy atom. The first kappa shape index (κ1) is 24.8. The molecule has 2 aliphatic rings. The molecule has 0 aliphatic carbocycles. The number of likely N-dealkylation sites (tertiary alicyclic amines) is 1. The van der Waals surface area contributed by atoms with Crippen molar-refractivity contribution in [2.24, 2.45) is 0 Å². The number of amides is 1. The van der Waals surface area contributed by atoms with Gasteiger partial charge in [-0.05, 0) is 36.2 Å². The van der Waals surface area contributed by atoms with Crippen LogP contribution in [0.2, 0.25) is 0 Å². The molecular formula is C21H23F4N5O2S2. The molecule has 1 amide bonds. The van der Waals surface area contributed by atoms with Gasteiger partial charge in [0.2, 0.25) is 5.91 Å². The lowest BCUT2D eigenvalue weighted by atomic mass is 10.0. The number of fused-ring (bicyclic) bond motifs is 1. The van der Waals surface area contributed by atoms with Crippen LogP contribution in [0.3, 0.4) is 0 Å². The molecule has 0 aromatic carbocycles. The van der Waals surface area contributed by atoms with Crippen LogP contribution < -0.4 is 10.6 Å². The van der Waals surface area contributed by atoms with E-state index < -0.39 is 28.5 Å². The monoisotopic (exact) mass is 517 g/mol. The van der Waals surface area contributed by atoms with Crippen molar-refractivity contribution in [3.8, 4) is 11.8 Å². The fourth-order valence-electron chi connectivity index (χ4n) is 3.96. The van der Waals surface area contributed by atoms with Crippen LogP contribution in [0.1, 0.15) is 19.0 Å². The average Bonchev–Trinajstić information content (AvgIpc) is 3.07. The minimum atomic E-state index is -4.55. The summed E-state index contributed by atoms with van der Waals surface area (Å²) in [5, 5.41) is 9.82. The first-order valence-corrected chi connectivity index (χ1v) is 12.9. The average molecular weight is 518 g/mol. The Hall–Kier alpha value is -2.30. The Labute approximate surface area is 200 Å². The maximum atomic E-state index is 15.0. The minimum Gasteiger partial charge on any atom is -0.364 e. The maximum Gasteiger partial charge on any atom is 0.446 e. The molecule has 0 saturated carbocycles. The van der Waals surface area contributed by atoms with Crippen LogP contribution in [0.15, 0.2) is 23.1 Å². The fourth-order valence-corrected chi connectivity index (χ4v) is 5.82. The number of carbonyl (C=O) groups is 1. The molecule has 2 unspecified atom stereocenters. The van der Waals surface area contributed by atoms with E-state index in [9.17, 15) is 26.6 Å². The number of rotatable bonds is 5. The number of carbonyl (C=O) groups excluding carboxylic acids is 1. The van der Waals surface area contributed by atoms with Gasteiger partial charge in [-0.3, -0.25) is 13.9 Å². The molecule has 0 bridgehead atoms. The quantitative estimate of drug-likeness (QED) is 0.360. The van der Waals surface area contributed by atoms with Gasteiger partial charge in [-0.15, -0.1) is 0 Å². The van der Waals surface area contributed by atoms with Gasteiger partial charge in [-0.25, -0.2) is 8.91 Å². The third-order valence-electron chi connectivity index (χ3n) is 5.64. The van der Waals surface area contributed by atoms with Gasteiger partial charge >= 0.3 is 5.51 Å². The molecule has 2 aromatic heterocycles. The van der Waals surface area contributed by atoms with Crippen LogP contribution in [0, 0.1) is 11.8 Å². The Bertz CT molecular complexity index is 1150. The number of nitrogens with one attached hydrogen (secondary N) is 2.